The van der Waals surface area contributed by atoms with E-state index in [0.29, 0.717) is 5.69 Å². The quantitative estimate of drug-likeness (QED) is 0.902. The average molecular weight is 310 g/mol. The number of carbonyl (C=O) groups excluding carboxylic acids is 1. The van der Waals surface area contributed by atoms with Crippen molar-refractivity contribution < 1.29 is 14.7 Å². The standard InChI is InChI=1S/C14H9Cl2NO3/c15-10-2-1-3-11(16)12(10)13(18)17-9-6-4-8(5-7-9)14(19)20/h1-7H,(H,17,18)(H,19,20). The molecule has 0 aliphatic carbocycles. The summed E-state index contributed by atoms with van der Waals surface area (Å²) in [4.78, 5) is 22.8. The third kappa shape index (κ3) is 3.10. The Hall–Kier alpha value is -2.04. The highest BCUT2D eigenvalue weighted by molar-refractivity contribution is 6.40. The fourth-order valence-corrected chi connectivity index (χ4v) is 2.17. The molecule has 0 spiro atoms. The zero-order chi connectivity index (χ0) is 14.7. The fourth-order valence-electron chi connectivity index (χ4n) is 1.60. The number of halogens is 2. The van der Waals surface area contributed by atoms with Gasteiger partial charge in [-0.3, -0.25) is 4.79 Å². The molecule has 0 radical (unpaired) electrons. The van der Waals surface area contributed by atoms with Crippen LogP contribution in [-0.4, -0.2) is 17.0 Å². The summed E-state index contributed by atoms with van der Waals surface area (Å²) in [5.41, 5.74) is 0.771. The number of nitrogens with one attached hydrogen (secondary N) is 1. The van der Waals surface area contributed by atoms with Crippen LogP contribution >= 0.6 is 23.2 Å². The van der Waals surface area contributed by atoms with Crippen molar-refractivity contribution in [2.24, 2.45) is 0 Å². The van der Waals surface area contributed by atoms with E-state index in [4.69, 9.17) is 28.3 Å². The van der Waals surface area contributed by atoms with E-state index < -0.39 is 11.9 Å². The Morgan fingerprint density at radius 3 is 2.00 bits per heavy atom. The van der Waals surface area contributed by atoms with Crippen molar-refractivity contribution in [2.75, 3.05) is 5.32 Å². The maximum absolute atomic E-state index is 12.1. The lowest BCUT2D eigenvalue weighted by Crippen LogP contribution is -2.13. The predicted molar refractivity (Wildman–Crippen MR) is 77.8 cm³/mol. The zero-order valence-electron chi connectivity index (χ0n) is 10.1. The van der Waals surface area contributed by atoms with Crippen molar-refractivity contribution in [3.05, 3.63) is 63.6 Å². The van der Waals surface area contributed by atoms with Crippen molar-refractivity contribution in [1.82, 2.24) is 0 Å². The Balaban J connectivity index is 2.21. The van der Waals surface area contributed by atoms with Gasteiger partial charge in [0.15, 0.2) is 0 Å². The van der Waals surface area contributed by atoms with Gasteiger partial charge in [-0.25, -0.2) is 4.79 Å². The van der Waals surface area contributed by atoms with Gasteiger partial charge >= 0.3 is 5.97 Å². The maximum atomic E-state index is 12.1. The SMILES string of the molecule is O=C(O)c1ccc(NC(=O)c2c(Cl)cccc2Cl)cc1. The minimum absolute atomic E-state index is 0.138. The highest BCUT2D eigenvalue weighted by atomic mass is 35.5. The first-order chi connectivity index (χ1) is 9.49. The van der Waals surface area contributed by atoms with Gasteiger partial charge < -0.3 is 10.4 Å². The van der Waals surface area contributed by atoms with Crippen LogP contribution in [0.3, 0.4) is 0 Å². The number of aromatic carboxylic acids is 1. The van der Waals surface area contributed by atoms with E-state index in [9.17, 15) is 9.59 Å². The van der Waals surface area contributed by atoms with Gasteiger partial charge in [-0.15, -0.1) is 0 Å². The number of hydrogen-bond acceptors (Lipinski definition) is 2. The summed E-state index contributed by atoms with van der Waals surface area (Å²) in [7, 11) is 0. The molecular formula is C14H9Cl2NO3. The number of rotatable bonds is 3. The minimum atomic E-state index is -1.03. The van der Waals surface area contributed by atoms with Gasteiger partial charge in [-0.2, -0.15) is 0 Å². The van der Waals surface area contributed by atoms with Crippen molar-refractivity contribution >= 4 is 40.8 Å². The van der Waals surface area contributed by atoms with Gasteiger partial charge in [-0.05, 0) is 36.4 Å². The van der Waals surface area contributed by atoms with Crippen molar-refractivity contribution in [1.29, 1.82) is 0 Å². The molecule has 0 aliphatic heterocycles. The van der Waals surface area contributed by atoms with Crippen molar-refractivity contribution in [3.63, 3.8) is 0 Å². The molecule has 102 valence electrons. The smallest absolute Gasteiger partial charge is 0.335 e. The van der Waals surface area contributed by atoms with E-state index in [2.05, 4.69) is 5.32 Å². The van der Waals surface area contributed by atoms with Gasteiger partial charge in [0.1, 0.15) is 0 Å². The van der Waals surface area contributed by atoms with Crippen LogP contribution in [0.5, 0.6) is 0 Å². The van der Waals surface area contributed by atoms with Crippen LogP contribution in [0.2, 0.25) is 10.0 Å². The van der Waals surface area contributed by atoms with Gasteiger partial charge in [-0.1, -0.05) is 29.3 Å². The lowest BCUT2D eigenvalue weighted by Gasteiger charge is -2.08. The molecule has 0 heterocycles. The van der Waals surface area contributed by atoms with Gasteiger partial charge in [0.05, 0.1) is 21.2 Å². The van der Waals surface area contributed by atoms with Crippen molar-refractivity contribution in [2.45, 2.75) is 0 Å². The van der Waals surface area contributed by atoms with Crippen LogP contribution < -0.4 is 5.32 Å². The van der Waals surface area contributed by atoms with Crippen molar-refractivity contribution in [3.8, 4) is 0 Å². The van der Waals surface area contributed by atoms with Crippen LogP contribution in [-0.2, 0) is 0 Å². The first-order valence-corrected chi connectivity index (χ1v) is 6.33. The van der Waals surface area contributed by atoms with Gasteiger partial charge in [0.25, 0.3) is 5.91 Å². The number of carbonyl (C=O) groups is 2. The third-order valence-corrected chi connectivity index (χ3v) is 3.21. The molecule has 0 saturated heterocycles. The molecule has 0 bridgehead atoms. The van der Waals surface area contributed by atoms with E-state index in [1.54, 1.807) is 18.2 Å². The molecule has 2 aromatic carbocycles. The molecule has 1 amide bonds. The zero-order valence-corrected chi connectivity index (χ0v) is 11.6. The van der Waals surface area contributed by atoms with Gasteiger partial charge in [0.2, 0.25) is 0 Å². The summed E-state index contributed by atoms with van der Waals surface area (Å²) in [6.07, 6.45) is 0. The second-order valence-electron chi connectivity index (χ2n) is 3.93. The first-order valence-electron chi connectivity index (χ1n) is 5.58. The molecule has 2 rings (SSSR count). The van der Waals surface area contributed by atoms with Crippen LogP contribution in [0.15, 0.2) is 42.5 Å². The summed E-state index contributed by atoms with van der Waals surface area (Å²) in [6, 6.07) is 10.5. The number of benzene rings is 2. The second-order valence-corrected chi connectivity index (χ2v) is 4.75. The highest BCUT2D eigenvalue weighted by Gasteiger charge is 2.14. The summed E-state index contributed by atoms with van der Waals surface area (Å²) in [6.45, 7) is 0. The molecule has 0 fully saturated rings. The molecule has 6 heteroatoms. The summed E-state index contributed by atoms with van der Waals surface area (Å²) >= 11 is 11.9. The summed E-state index contributed by atoms with van der Waals surface area (Å²) in [5.74, 6) is -1.49. The van der Waals surface area contributed by atoms with E-state index in [1.807, 2.05) is 0 Å². The Kier molecular flexibility index (Phi) is 4.27. The summed E-state index contributed by atoms with van der Waals surface area (Å²) < 4.78 is 0. The van der Waals surface area contributed by atoms with Crippen LogP contribution in [0.4, 0.5) is 5.69 Å². The van der Waals surface area contributed by atoms with Crippen LogP contribution in [0.1, 0.15) is 20.7 Å². The second kappa shape index (κ2) is 5.94. The fraction of sp³-hybridized carbons (Fsp3) is 0. The molecule has 2 aromatic rings. The number of carboxylic acids is 1. The van der Waals surface area contributed by atoms with Crippen LogP contribution in [0, 0.1) is 0 Å². The molecule has 20 heavy (non-hydrogen) atoms. The molecule has 4 nitrogen and oxygen atoms in total. The van der Waals surface area contributed by atoms with Crippen LogP contribution in [0.25, 0.3) is 0 Å². The molecule has 0 aromatic heterocycles. The molecular weight excluding hydrogens is 301 g/mol. The van der Waals surface area contributed by atoms with E-state index in [-0.39, 0.29) is 21.2 Å². The lowest BCUT2D eigenvalue weighted by atomic mass is 10.2. The van der Waals surface area contributed by atoms with E-state index >= 15 is 0 Å². The molecule has 0 aliphatic rings. The van der Waals surface area contributed by atoms with Gasteiger partial charge in [0, 0.05) is 5.69 Å². The Morgan fingerprint density at radius 2 is 1.50 bits per heavy atom. The largest absolute Gasteiger partial charge is 0.478 e. The average Bonchev–Trinajstić information content (AvgIpc) is 2.39. The highest BCUT2D eigenvalue weighted by Crippen LogP contribution is 2.25. The number of anilines is 1. The Bertz CT molecular complexity index is 648. The third-order valence-electron chi connectivity index (χ3n) is 2.58. The summed E-state index contributed by atoms with van der Waals surface area (Å²) in [5, 5.41) is 11.9. The molecule has 2 N–H and O–H groups in total. The number of hydrogen-bond donors (Lipinski definition) is 2. The van der Waals surface area contributed by atoms with E-state index in [0.717, 1.165) is 0 Å². The normalized spacial score (nSPS) is 10.1. The molecule has 0 unspecified atom stereocenters. The molecule has 0 atom stereocenters. The topological polar surface area (TPSA) is 66.4 Å². The lowest BCUT2D eigenvalue weighted by molar-refractivity contribution is 0.0696. The van der Waals surface area contributed by atoms with E-state index in [1.165, 1.54) is 24.3 Å². The minimum Gasteiger partial charge on any atom is -0.478 e. The molecule has 0 saturated carbocycles. The first kappa shape index (κ1) is 14.4. The number of carboxylic acid groups (broad SMARTS) is 1. The Labute approximate surface area is 124 Å². The maximum Gasteiger partial charge on any atom is 0.335 e. The predicted octanol–water partition coefficient (Wildman–Crippen LogP) is 3.94. The monoisotopic (exact) mass is 309 g/mol. The Morgan fingerprint density at radius 1 is 0.950 bits per heavy atom. The number of amides is 1.